The van der Waals surface area contributed by atoms with Gasteiger partial charge in [-0.25, -0.2) is 0 Å². The third kappa shape index (κ3) is 3.48. The van der Waals surface area contributed by atoms with Gasteiger partial charge in [0.05, 0.1) is 16.8 Å². The molecule has 1 saturated heterocycles. The smallest absolute Gasteiger partial charge is 0.244 e. The number of carbonyl (C=O) groups is 1. The van der Waals surface area contributed by atoms with Crippen molar-refractivity contribution in [2.24, 2.45) is 5.92 Å². The lowest BCUT2D eigenvalue weighted by molar-refractivity contribution is -0.118. The fourth-order valence-corrected chi connectivity index (χ4v) is 2.56. The number of amides is 1. The van der Waals surface area contributed by atoms with E-state index in [1.54, 1.807) is 4.90 Å². The van der Waals surface area contributed by atoms with Crippen LogP contribution in [0.3, 0.4) is 0 Å². The Kier molecular flexibility index (Phi) is 4.83. The molecule has 1 atom stereocenters. The first-order valence-electron chi connectivity index (χ1n) is 6.89. The lowest BCUT2D eigenvalue weighted by Gasteiger charge is -2.18. The quantitative estimate of drug-likeness (QED) is 0.899. The molecular formula is C15H21ClN2O. The molecule has 0 aliphatic carbocycles. The molecule has 0 saturated carbocycles. The van der Waals surface area contributed by atoms with Crippen molar-refractivity contribution >= 4 is 23.2 Å². The number of benzene rings is 1. The molecule has 1 fully saturated rings. The topological polar surface area (TPSA) is 32.3 Å². The molecule has 0 bridgehead atoms. The van der Waals surface area contributed by atoms with E-state index in [-0.39, 0.29) is 11.9 Å². The molecule has 104 valence electrons. The summed E-state index contributed by atoms with van der Waals surface area (Å²) in [5, 5.41) is 3.99. The number of rotatable bonds is 5. The van der Waals surface area contributed by atoms with E-state index in [1.165, 1.54) is 0 Å². The second-order valence-electron chi connectivity index (χ2n) is 5.42. The molecular weight excluding hydrogens is 260 g/mol. The van der Waals surface area contributed by atoms with E-state index in [4.69, 9.17) is 11.6 Å². The summed E-state index contributed by atoms with van der Waals surface area (Å²) in [5.41, 5.74) is 0.822. The molecule has 1 amide bonds. The highest BCUT2D eigenvalue weighted by molar-refractivity contribution is 6.33. The van der Waals surface area contributed by atoms with Gasteiger partial charge >= 0.3 is 0 Å². The average Bonchev–Trinajstić information content (AvgIpc) is 2.72. The zero-order valence-corrected chi connectivity index (χ0v) is 12.3. The fourth-order valence-electron chi connectivity index (χ4n) is 2.33. The average molecular weight is 281 g/mol. The van der Waals surface area contributed by atoms with E-state index in [0.717, 1.165) is 31.6 Å². The van der Waals surface area contributed by atoms with E-state index in [2.05, 4.69) is 19.2 Å². The van der Waals surface area contributed by atoms with E-state index in [0.29, 0.717) is 10.9 Å². The normalized spacial score (nSPS) is 19.5. The van der Waals surface area contributed by atoms with Crippen molar-refractivity contribution in [3.8, 4) is 0 Å². The number of carbonyl (C=O) groups excluding carboxylic acids is 1. The molecule has 1 aliphatic rings. The van der Waals surface area contributed by atoms with Gasteiger partial charge in [0, 0.05) is 6.54 Å². The van der Waals surface area contributed by atoms with Crippen molar-refractivity contribution in [2.75, 3.05) is 18.0 Å². The molecule has 1 N–H and O–H groups in total. The second kappa shape index (κ2) is 6.40. The van der Waals surface area contributed by atoms with Gasteiger partial charge in [-0.1, -0.05) is 37.6 Å². The summed E-state index contributed by atoms with van der Waals surface area (Å²) in [6.45, 7) is 6.01. The highest BCUT2D eigenvalue weighted by Gasteiger charge is 2.32. The Hall–Kier alpha value is -1.06. The lowest BCUT2D eigenvalue weighted by atomic mass is 10.1. The Morgan fingerprint density at radius 2 is 2.16 bits per heavy atom. The standard InChI is InChI=1S/C15H21ClN2O/c1-11(2)7-9-17-13-8-10-18(15(13)19)14-6-4-3-5-12(14)16/h3-6,11,13,17H,7-10H2,1-2H3. The molecule has 19 heavy (non-hydrogen) atoms. The third-order valence-electron chi connectivity index (χ3n) is 3.46. The van der Waals surface area contributed by atoms with Crippen LogP contribution in [0.2, 0.25) is 5.02 Å². The Morgan fingerprint density at radius 1 is 1.42 bits per heavy atom. The summed E-state index contributed by atoms with van der Waals surface area (Å²) >= 11 is 6.15. The molecule has 1 aromatic carbocycles. The zero-order chi connectivity index (χ0) is 13.8. The van der Waals surface area contributed by atoms with Gasteiger partial charge in [0.2, 0.25) is 5.91 Å². The number of anilines is 1. The summed E-state index contributed by atoms with van der Waals surface area (Å²) in [7, 11) is 0. The van der Waals surface area contributed by atoms with E-state index in [1.807, 2.05) is 24.3 Å². The van der Waals surface area contributed by atoms with Gasteiger partial charge in [0.25, 0.3) is 0 Å². The molecule has 0 aromatic heterocycles. The Balaban J connectivity index is 1.96. The van der Waals surface area contributed by atoms with Crippen molar-refractivity contribution in [1.82, 2.24) is 5.32 Å². The van der Waals surface area contributed by atoms with Crippen LogP contribution in [-0.2, 0) is 4.79 Å². The molecule has 1 aliphatic heterocycles. The maximum Gasteiger partial charge on any atom is 0.244 e. The Labute approximate surface area is 119 Å². The largest absolute Gasteiger partial charge is 0.310 e. The van der Waals surface area contributed by atoms with Crippen molar-refractivity contribution in [1.29, 1.82) is 0 Å². The fraction of sp³-hybridized carbons (Fsp3) is 0.533. The van der Waals surface area contributed by atoms with E-state index in [9.17, 15) is 4.79 Å². The Bertz CT molecular complexity index is 448. The van der Waals surface area contributed by atoms with Crippen molar-refractivity contribution < 1.29 is 4.79 Å². The van der Waals surface area contributed by atoms with Crippen LogP contribution < -0.4 is 10.2 Å². The number of para-hydroxylation sites is 1. The predicted octanol–water partition coefficient (Wildman–Crippen LogP) is 3.08. The summed E-state index contributed by atoms with van der Waals surface area (Å²) in [4.78, 5) is 14.1. The minimum Gasteiger partial charge on any atom is -0.310 e. The zero-order valence-electron chi connectivity index (χ0n) is 11.5. The number of nitrogens with zero attached hydrogens (tertiary/aromatic N) is 1. The number of halogens is 1. The first kappa shape index (κ1) is 14.4. The maximum atomic E-state index is 12.3. The maximum absolute atomic E-state index is 12.3. The molecule has 0 radical (unpaired) electrons. The second-order valence-corrected chi connectivity index (χ2v) is 5.83. The van der Waals surface area contributed by atoms with Crippen LogP contribution in [0.4, 0.5) is 5.69 Å². The van der Waals surface area contributed by atoms with Crippen LogP contribution in [0.15, 0.2) is 24.3 Å². The van der Waals surface area contributed by atoms with Gasteiger partial charge in [0.1, 0.15) is 0 Å². The first-order chi connectivity index (χ1) is 9.09. The van der Waals surface area contributed by atoms with Gasteiger partial charge in [-0.15, -0.1) is 0 Å². The van der Waals surface area contributed by atoms with Crippen LogP contribution in [0.5, 0.6) is 0 Å². The summed E-state index contributed by atoms with van der Waals surface area (Å²) < 4.78 is 0. The molecule has 4 heteroatoms. The van der Waals surface area contributed by atoms with Gasteiger partial charge < -0.3 is 10.2 Å². The highest BCUT2D eigenvalue weighted by atomic mass is 35.5. The molecule has 2 rings (SSSR count). The number of hydrogen-bond donors (Lipinski definition) is 1. The summed E-state index contributed by atoms with van der Waals surface area (Å²) in [6, 6.07) is 7.45. The summed E-state index contributed by atoms with van der Waals surface area (Å²) in [6.07, 6.45) is 1.94. The molecule has 1 aromatic rings. The van der Waals surface area contributed by atoms with E-state index >= 15 is 0 Å². The van der Waals surface area contributed by atoms with Crippen LogP contribution in [-0.4, -0.2) is 25.0 Å². The van der Waals surface area contributed by atoms with Crippen molar-refractivity contribution in [3.63, 3.8) is 0 Å². The van der Waals surface area contributed by atoms with Gasteiger partial charge in [0.15, 0.2) is 0 Å². The minimum atomic E-state index is -0.0602. The molecule has 1 heterocycles. The first-order valence-corrected chi connectivity index (χ1v) is 7.26. The Morgan fingerprint density at radius 3 is 2.84 bits per heavy atom. The lowest BCUT2D eigenvalue weighted by Crippen LogP contribution is -2.39. The molecule has 3 nitrogen and oxygen atoms in total. The van der Waals surface area contributed by atoms with Crippen LogP contribution in [0, 0.1) is 5.92 Å². The van der Waals surface area contributed by atoms with Gasteiger partial charge in [-0.2, -0.15) is 0 Å². The monoisotopic (exact) mass is 280 g/mol. The van der Waals surface area contributed by atoms with Crippen LogP contribution >= 0.6 is 11.6 Å². The van der Waals surface area contributed by atoms with Gasteiger partial charge in [-0.3, -0.25) is 4.79 Å². The molecule has 1 unspecified atom stereocenters. The predicted molar refractivity (Wildman–Crippen MR) is 79.7 cm³/mol. The SMILES string of the molecule is CC(C)CCNC1CCN(c2ccccc2Cl)C1=O. The number of nitrogens with one attached hydrogen (secondary N) is 1. The van der Waals surface area contributed by atoms with Crippen LogP contribution in [0.25, 0.3) is 0 Å². The third-order valence-corrected chi connectivity index (χ3v) is 3.78. The summed E-state index contributed by atoms with van der Waals surface area (Å²) in [5.74, 6) is 0.792. The van der Waals surface area contributed by atoms with Gasteiger partial charge in [-0.05, 0) is 37.4 Å². The van der Waals surface area contributed by atoms with Crippen molar-refractivity contribution in [3.05, 3.63) is 29.3 Å². The highest BCUT2D eigenvalue weighted by Crippen LogP contribution is 2.28. The number of hydrogen-bond acceptors (Lipinski definition) is 2. The van der Waals surface area contributed by atoms with Crippen molar-refractivity contribution in [2.45, 2.75) is 32.7 Å². The minimum absolute atomic E-state index is 0.0602. The molecule has 0 spiro atoms. The van der Waals surface area contributed by atoms with Crippen LogP contribution in [0.1, 0.15) is 26.7 Å². The van der Waals surface area contributed by atoms with E-state index < -0.39 is 0 Å².